The van der Waals surface area contributed by atoms with E-state index in [-0.39, 0.29) is 4.90 Å². The third kappa shape index (κ3) is 3.11. The van der Waals surface area contributed by atoms with Crippen LogP contribution in [0.2, 0.25) is 0 Å². The van der Waals surface area contributed by atoms with Crippen molar-refractivity contribution in [2.45, 2.75) is 17.9 Å². The summed E-state index contributed by atoms with van der Waals surface area (Å²) in [6.07, 6.45) is 2.03. The normalized spacial score (nSPS) is 16.9. The highest BCUT2D eigenvalue weighted by atomic mass is 32.2. The van der Waals surface area contributed by atoms with Crippen molar-refractivity contribution in [3.63, 3.8) is 0 Å². The summed E-state index contributed by atoms with van der Waals surface area (Å²) in [5.74, 6) is 0.349. The second kappa shape index (κ2) is 6.58. The number of carbonyl (C=O) groups is 1. The topological polar surface area (TPSA) is 101 Å². The van der Waals surface area contributed by atoms with Gasteiger partial charge in [0.1, 0.15) is 12.4 Å². The van der Waals surface area contributed by atoms with Gasteiger partial charge in [0.25, 0.3) is 10.0 Å². The number of hydrogen-bond acceptors (Lipinski definition) is 6. The molecule has 1 aromatic carbocycles. The van der Waals surface area contributed by atoms with Crippen LogP contribution < -0.4 is 14.9 Å². The van der Waals surface area contributed by atoms with E-state index in [2.05, 4.69) is 15.0 Å². The molecule has 0 saturated carbocycles. The van der Waals surface area contributed by atoms with Crippen LogP contribution in [0.4, 0.5) is 16.3 Å². The summed E-state index contributed by atoms with van der Waals surface area (Å²) < 4.78 is 32.9. The molecule has 8 nitrogen and oxygen atoms in total. The molecule has 0 bridgehead atoms. The minimum atomic E-state index is -3.78. The quantitative estimate of drug-likeness (QED) is 0.841. The molecule has 0 unspecified atom stereocenters. The Labute approximate surface area is 151 Å². The number of fused-ring (bicyclic) bond motifs is 1. The van der Waals surface area contributed by atoms with Crippen LogP contribution in [0.15, 0.2) is 41.4 Å². The fourth-order valence-electron chi connectivity index (χ4n) is 3.11. The Morgan fingerprint density at radius 1 is 1.19 bits per heavy atom. The van der Waals surface area contributed by atoms with Crippen LogP contribution in [0.3, 0.4) is 0 Å². The number of hydrogen-bond donors (Lipinski definition) is 2. The molecule has 2 aliphatic heterocycles. The van der Waals surface area contributed by atoms with Crippen LogP contribution in [-0.2, 0) is 27.7 Å². The van der Waals surface area contributed by atoms with Gasteiger partial charge in [0, 0.05) is 24.0 Å². The molecule has 9 heteroatoms. The first-order chi connectivity index (χ1) is 12.5. The number of amides is 1. The molecular weight excluding hydrogens is 356 g/mol. The number of aromatic nitrogens is 1. The van der Waals surface area contributed by atoms with Gasteiger partial charge in [-0.3, -0.25) is 9.62 Å². The number of benzene rings is 1. The van der Waals surface area contributed by atoms with Crippen molar-refractivity contribution in [3.05, 3.63) is 47.7 Å². The van der Waals surface area contributed by atoms with E-state index in [9.17, 15) is 13.2 Å². The van der Waals surface area contributed by atoms with Gasteiger partial charge in [-0.15, -0.1) is 0 Å². The van der Waals surface area contributed by atoms with Crippen LogP contribution >= 0.6 is 0 Å². The van der Waals surface area contributed by atoms with Gasteiger partial charge in [0.05, 0.1) is 11.4 Å². The Hall–Kier alpha value is -2.65. The number of cyclic esters (lactones) is 1. The van der Waals surface area contributed by atoms with Crippen molar-refractivity contribution in [3.8, 4) is 0 Å². The molecule has 1 fully saturated rings. The lowest BCUT2D eigenvalue weighted by Gasteiger charge is -2.20. The van der Waals surface area contributed by atoms with Gasteiger partial charge < -0.3 is 10.1 Å². The number of sulfonamides is 1. The third-order valence-corrected chi connectivity index (χ3v) is 5.83. The van der Waals surface area contributed by atoms with Gasteiger partial charge in [0.15, 0.2) is 0 Å². The molecule has 0 radical (unpaired) electrons. The van der Waals surface area contributed by atoms with Crippen molar-refractivity contribution in [1.29, 1.82) is 0 Å². The minimum Gasteiger partial charge on any atom is -0.447 e. The molecular formula is C17H18N4O4S. The summed E-state index contributed by atoms with van der Waals surface area (Å²) in [6.45, 7) is 2.23. The minimum absolute atomic E-state index is 0.108. The van der Waals surface area contributed by atoms with Crippen LogP contribution in [0.25, 0.3) is 0 Å². The number of pyridine rings is 1. The fraction of sp³-hybridized carbons (Fsp3) is 0.294. The van der Waals surface area contributed by atoms with Crippen molar-refractivity contribution in [2.24, 2.45) is 0 Å². The number of nitrogens with zero attached hydrogens (tertiary/aromatic N) is 2. The summed E-state index contributed by atoms with van der Waals surface area (Å²) in [5.41, 5.74) is 2.57. The number of anilines is 2. The zero-order valence-electron chi connectivity index (χ0n) is 13.9. The Morgan fingerprint density at radius 3 is 2.73 bits per heavy atom. The molecule has 2 N–H and O–H groups in total. The Kier molecular flexibility index (Phi) is 4.25. The van der Waals surface area contributed by atoms with Gasteiger partial charge in [-0.25, -0.2) is 18.2 Å². The third-order valence-electron chi connectivity index (χ3n) is 4.48. The first kappa shape index (κ1) is 16.8. The number of carbonyl (C=O) groups excluding carboxylic acids is 1. The number of rotatable bonds is 4. The number of nitrogens with one attached hydrogen (secondary N) is 2. The predicted octanol–water partition coefficient (Wildman–Crippen LogP) is 1.48. The van der Waals surface area contributed by atoms with E-state index in [1.54, 1.807) is 18.3 Å². The lowest BCUT2D eigenvalue weighted by atomic mass is 10.0. The van der Waals surface area contributed by atoms with Crippen LogP contribution in [-0.4, -0.2) is 39.2 Å². The van der Waals surface area contributed by atoms with Gasteiger partial charge in [-0.1, -0.05) is 0 Å². The maximum absolute atomic E-state index is 12.7. The highest BCUT2D eigenvalue weighted by Crippen LogP contribution is 2.25. The van der Waals surface area contributed by atoms with Crippen molar-refractivity contribution in [1.82, 2.24) is 10.3 Å². The second-order valence-corrected chi connectivity index (χ2v) is 7.77. The molecule has 2 aromatic rings. The van der Waals surface area contributed by atoms with Gasteiger partial charge in [0.2, 0.25) is 0 Å². The molecule has 4 rings (SSSR count). The van der Waals surface area contributed by atoms with Crippen molar-refractivity contribution in [2.75, 3.05) is 29.3 Å². The average molecular weight is 374 g/mol. The summed E-state index contributed by atoms with van der Waals surface area (Å²) >= 11 is 0. The molecule has 3 heterocycles. The van der Waals surface area contributed by atoms with Crippen molar-refractivity contribution >= 4 is 27.6 Å². The highest BCUT2D eigenvalue weighted by Gasteiger charge is 2.25. The molecule has 0 spiro atoms. The SMILES string of the molecule is O=C1OCCN1c1ccc(S(=O)(=O)Nc2nccc3c2CNCC3)cc1. The largest absolute Gasteiger partial charge is 0.447 e. The summed E-state index contributed by atoms with van der Waals surface area (Å²) in [4.78, 5) is 17.4. The molecule has 2 aliphatic rings. The smallest absolute Gasteiger partial charge is 0.414 e. The van der Waals surface area contributed by atoms with E-state index in [1.807, 2.05) is 6.07 Å². The van der Waals surface area contributed by atoms with E-state index < -0.39 is 16.1 Å². The Bertz CT molecular complexity index is 944. The maximum Gasteiger partial charge on any atom is 0.414 e. The standard InChI is InChI=1S/C17H18N4O4S/c22-17-21(9-10-25-17)13-1-3-14(4-2-13)26(23,24)20-16-15-11-18-7-5-12(15)6-8-19-16/h1-4,6,8,18H,5,7,9-11H2,(H,19,20). The van der Waals surface area contributed by atoms with Crippen LogP contribution in [0.5, 0.6) is 0 Å². The Balaban J connectivity index is 1.58. The highest BCUT2D eigenvalue weighted by molar-refractivity contribution is 7.92. The molecule has 136 valence electrons. The molecule has 1 aromatic heterocycles. The average Bonchev–Trinajstić information content (AvgIpc) is 3.08. The molecule has 1 amide bonds. The fourth-order valence-corrected chi connectivity index (χ4v) is 4.15. The maximum atomic E-state index is 12.7. The van der Waals surface area contributed by atoms with E-state index in [0.717, 1.165) is 24.1 Å². The van der Waals surface area contributed by atoms with E-state index in [0.29, 0.717) is 31.2 Å². The first-order valence-electron chi connectivity index (χ1n) is 8.29. The summed E-state index contributed by atoms with van der Waals surface area (Å²) in [6, 6.07) is 8.04. The van der Waals surface area contributed by atoms with Crippen LogP contribution in [0, 0.1) is 0 Å². The summed E-state index contributed by atoms with van der Waals surface area (Å²) in [7, 11) is -3.78. The second-order valence-electron chi connectivity index (χ2n) is 6.09. The van der Waals surface area contributed by atoms with Gasteiger partial charge >= 0.3 is 6.09 Å². The Morgan fingerprint density at radius 2 is 2.00 bits per heavy atom. The molecule has 0 atom stereocenters. The van der Waals surface area contributed by atoms with E-state index in [1.165, 1.54) is 17.0 Å². The predicted molar refractivity (Wildman–Crippen MR) is 95.6 cm³/mol. The molecule has 26 heavy (non-hydrogen) atoms. The van der Waals surface area contributed by atoms with Gasteiger partial charge in [-0.2, -0.15) is 0 Å². The lowest BCUT2D eigenvalue weighted by Crippen LogP contribution is -2.26. The zero-order chi connectivity index (χ0) is 18.1. The van der Waals surface area contributed by atoms with E-state index in [4.69, 9.17) is 4.74 Å². The lowest BCUT2D eigenvalue weighted by molar-refractivity contribution is 0.181. The summed E-state index contributed by atoms with van der Waals surface area (Å²) in [5, 5.41) is 3.23. The molecule has 1 saturated heterocycles. The monoisotopic (exact) mass is 374 g/mol. The van der Waals surface area contributed by atoms with Gasteiger partial charge in [-0.05, 0) is 48.9 Å². The first-order valence-corrected chi connectivity index (χ1v) is 9.77. The van der Waals surface area contributed by atoms with Crippen molar-refractivity contribution < 1.29 is 17.9 Å². The molecule has 0 aliphatic carbocycles. The van der Waals surface area contributed by atoms with E-state index >= 15 is 0 Å². The number of ether oxygens (including phenoxy) is 1. The zero-order valence-corrected chi connectivity index (χ0v) is 14.8. The van der Waals surface area contributed by atoms with Crippen LogP contribution in [0.1, 0.15) is 11.1 Å².